The van der Waals surface area contributed by atoms with Gasteiger partial charge in [0.2, 0.25) is 5.95 Å². The van der Waals surface area contributed by atoms with E-state index in [-0.39, 0.29) is 6.04 Å². The highest BCUT2D eigenvalue weighted by atomic mass is 35.5. The number of benzene rings is 3. The van der Waals surface area contributed by atoms with Gasteiger partial charge in [-0.05, 0) is 54.0 Å². The molecule has 0 unspecified atom stereocenters. The number of hydrogen-bond acceptors (Lipinski definition) is 4. The van der Waals surface area contributed by atoms with Crippen LogP contribution in [0.1, 0.15) is 28.3 Å². The van der Waals surface area contributed by atoms with E-state index in [9.17, 15) is 0 Å². The Hall–Kier alpha value is -3.57. The van der Waals surface area contributed by atoms with Crippen LogP contribution in [0.5, 0.6) is 5.75 Å². The van der Waals surface area contributed by atoms with Gasteiger partial charge in [0.15, 0.2) is 0 Å². The number of fused-ring (bicyclic) bond motifs is 1. The van der Waals surface area contributed by atoms with Crippen LogP contribution in [-0.2, 0) is 6.61 Å². The molecule has 0 aliphatic carbocycles. The lowest BCUT2D eigenvalue weighted by atomic mass is 10.0. The van der Waals surface area contributed by atoms with Crippen LogP contribution in [0.4, 0.5) is 5.95 Å². The molecule has 4 aromatic rings. The number of nitrogens with zero attached hydrogens (tertiary/aromatic N) is 3. The minimum Gasteiger partial charge on any atom is -0.489 e. The molecule has 1 aliphatic rings. The Morgan fingerprint density at radius 2 is 1.71 bits per heavy atom. The average molecular weight is 429 g/mol. The van der Waals surface area contributed by atoms with E-state index in [0.717, 1.165) is 28.1 Å². The van der Waals surface area contributed by atoms with E-state index >= 15 is 0 Å². The van der Waals surface area contributed by atoms with E-state index in [1.807, 2.05) is 41.1 Å². The largest absolute Gasteiger partial charge is 0.489 e. The molecular formula is C25H21ClN4O. The van der Waals surface area contributed by atoms with Crippen molar-refractivity contribution in [1.29, 1.82) is 0 Å². The van der Waals surface area contributed by atoms with Crippen LogP contribution in [0.3, 0.4) is 0 Å². The van der Waals surface area contributed by atoms with Gasteiger partial charge in [0, 0.05) is 10.7 Å². The van der Waals surface area contributed by atoms with Crippen LogP contribution in [0.25, 0.3) is 5.70 Å². The van der Waals surface area contributed by atoms with Gasteiger partial charge in [-0.3, -0.25) is 0 Å². The Bertz CT molecular complexity index is 1210. The van der Waals surface area contributed by atoms with Crippen molar-refractivity contribution >= 4 is 23.2 Å². The first-order chi connectivity index (χ1) is 15.2. The van der Waals surface area contributed by atoms with Crippen LogP contribution in [0.15, 0.2) is 85.2 Å². The molecule has 0 saturated heterocycles. The molecule has 154 valence electrons. The summed E-state index contributed by atoms with van der Waals surface area (Å²) in [5.74, 6) is 1.54. The molecule has 1 N–H and O–H groups in total. The highest BCUT2D eigenvalue weighted by Gasteiger charge is 2.23. The maximum atomic E-state index is 6.05. The maximum absolute atomic E-state index is 6.05. The number of aryl methyl sites for hydroxylation is 1. The quantitative estimate of drug-likeness (QED) is 0.431. The standard InChI is InChI=1S/C25H21ClN4O/c1-17-2-4-18(5-3-17)15-31-22-12-8-20(9-13-22)24-14-23(19-6-10-21(26)11-7-19)29-25-27-16-28-30(24)25/h2-14,16,24H,15H2,1H3,(H,27,28,29)/t24-/m0/s1. The van der Waals surface area contributed by atoms with Crippen molar-refractivity contribution in [2.24, 2.45) is 0 Å². The summed E-state index contributed by atoms with van der Waals surface area (Å²) in [5.41, 5.74) is 5.51. The van der Waals surface area contributed by atoms with Crippen molar-refractivity contribution in [3.63, 3.8) is 0 Å². The summed E-state index contributed by atoms with van der Waals surface area (Å²) in [7, 11) is 0. The molecule has 1 aliphatic heterocycles. The van der Waals surface area contributed by atoms with E-state index < -0.39 is 0 Å². The maximum Gasteiger partial charge on any atom is 0.226 e. The Morgan fingerprint density at radius 1 is 0.968 bits per heavy atom. The zero-order valence-electron chi connectivity index (χ0n) is 17.0. The molecule has 5 rings (SSSR count). The van der Waals surface area contributed by atoms with Crippen molar-refractivity contribution in [2.45, 2.75) is 19.6 Å². The van der Waals surface area contributed by atoms with Gasteiger partial charge in [0.25, 0.3) is 0 Å². The van der Waals surface area contributed by atoms with Crippen LogP contribution in [0, 0.1) is 6.92 Å². The Balaban J connectivity index is 1.38. The molecule has 1 aromatic heterocycles. The fraction of sp³-hybridized carbons (Fsp3) is 0.120. The van der Waals surface area contributed by atoms with E-state index in [2.05, 4.69) is 64.8 Å². The molecule has 1 atom stereocenters. The van der Waals surface area contributed by atoms with Crippen molar-refractivity contribution in [3.05, 3.63) is 112 Å². The number of aromatic nitrogens is 3. The van der Waals surface area contributed by atoms with E-state index in [1.165, 1.54) is 5.56 Å². The van der Waals surface area contributed by atoms with Crippen LogP contribution in [-0.4, -0.2) is 14.8 Å². The second kappa shape index (κ2) is 8.28. The molecule has 0 bridgehead atoms. The average Bonchev–Trinajstić information content (AvgIpc) is 3.28. The van der Waals surface area contributed by atoms with Gasteiger partial charge in [-0.1, -0.05) is 65.7 Å². The minimum absolute atomic E-state index is 0.0735. The van der Waals surface area contributed by atoms with Crippen molar-refractivity contribution < 1.29 is 4.74 Å². The zero-order chi connectivity index (χ0) is 21.2. The van der Waals surface area contributed by atoms with Gasteiger partial charge in [-0.2, -0.15) is 10.1 Å². The number of allylic oxidation sites excluding steroid dienone is 1. The van der Waals surface area contributed by atoms with Gasteiger partial charge in [0.05, 0.1) is 0 Å². The van der Waals surface area contributed by atoms with Gasteiger partial charge >= 0.3 is 0 Å². The second-order valence-electron chi connectivity index (χ2n) is 7.53. The Labute approximate surface area is 186 Å². The lowest BCUT2D eigenvalue weighted by Crippen LogP contribution is -2.20. The normalized spacial score (nSPS) is 15.0. The second-order valence-corrected chi connectivity index (χ2v) is 7.97. The lowest BCUT2D eigenvalue weighted by Gasteiger charge is -2.24. The van der Waals surface area contributed by atoms with E-state index in [0.29, 0.717) is 17.6 Å². The van der Waals surface area contributed by atoms with Crippen molar-refractivity contribution in [2.75, 3.05) is 5.32 Å². The summed E-state index contributed by atoms with van der Waals surface area (Å²) in [5, 5.41) is 8.47. The first-order valence-electron chi connectivity index (χ1n) is 10.1. The highest BCUT2D eigenvalue weighted by Crippen LogP contribution is 2.33. The van der Waals surface area contributed by atoms with Crippen LogP contribution in [0.2, 0.25) is 5.02 Å². The topological polar surface area (TPSA) is 52.0 Å². The van der Waals surface area contributed by atoms with E-state index in [4.69, 9.17) is 16.3 Å². The molecule has 5 nitrogen and oxygen atoms in total. The van der Waals surface area contributed by atoms with Gasteiger partial charge in [-0.15, -0.1) is 0 Å². The zero-order valence-corrected chi connectivity index (χ0v) is 17.8. The van der Waals surface area contributed by atoms with E-state index in [1.54, 1.807) is 6.33 Å². The highest BCUT2D eigenvalue weighted by molar-refractivity contribution is 6.30. The van der Waals surface area contributed by atoms with Gasteiger partial charge in [0.1, 0.15) is 24.7 Å². The number of hydrogen-bond donors (Lipinski definition) is 1. The Morgan fingerprint density at radius 3 is 2.45 bits per heavy atom. The molecule has 3 aromatic carbocycles. The molecule has 2 heterocycles. The Kier molecular flexibility index (Phi) is 5.18. The predicted molar refractivity (Wildman–Crippen MR) is 123 cm³/mol. The molecule has 0 radical (unpaired) electrons. The predicted octanol–water partition coefficient (Wildman–Crippen LogP) is 5.87. The summed E-state index contributed by atoms with van der Waals surface area (Å²) >= 11 is 6.05. The van der Waals surface area contributed by atoms with Crippen LogP contribution < -0.4 is 10.1 Å². The number of nitrogens with one attached hydrogen (secondary N) is 1. The molecule has 31 heavy (non-hydrogen) atoms. The number of rotatable bonds is 5. The van der Waals surface area contributed by atoms with Gasteiger partial charge < -0.3 is 10.1 Å². The number of anilines is 1. The third-order valence-corrected chi connectivity index (χ3v) is 5.56. The molecular weight excluding hydrogens is 408 g/mol. The molecule has 6 heteroatoms. The summed E-state index contributed by atoms with van der Waals surface area (Å²) in [6, 6.07) is 24.2. The SMILES string of the molecule is Cc1ccc(COc2ccc([C@@H]3C=C(c4ccc(Cl)cc4)Nc4ncnn43)cc2)cc1. The summed E-state index contributed by atoms with van der Waals surface area (Å²) in [6.07, 6.45) is 3.71. The number of halogens is 1. The summed E-state index contributed by atoms with van der Waals surface area (Å²) in [4.78, 5) is 4.36. The molecule has 0 saturated carbocycles. The van der Waals surface area contributed by atoms with Crippen LogP contribution >= 0.6 is 11.6 Å². The van der Waals surface area contributed by atoms with Crippen molar-refractivity contribution in [3.8, 4) is 5.75 Å². The first kappa shape index (κ1) is 19.4. The van der Waals surface area contributed by atoms with Crippen molar-refractivity contribution in [1.82, 2.24) is 14.8 Å². The summed E-state index contributed by atoms with van der Waals surface area (Å²) in [6.45, 7) is 2.62. The first-order valence-corrected chi connectivity index (χ1v) is 10.5. The summed E-state index contributed by atoms with van der Waals surface area (Å²) < 4.78 is 7.83. The fourth-order valence-electron chi connectivity index (χ4n) is 3.58. The third-order valence-electron chi connectivity index (χ3n) is 5.31. The smallest absolute Gasteiger partial charge is 0.226 e. The fourth-order valence-corrected chi connectivity index (χ4v) is 3.71. The monoisotopic (exact) mass is 428 g/mol. The lowest BCUT2D eigenvalue weighted by molar-refractivity contribution is 0.306. The minimum atomic E-state index is -0.0735. The number of ether oxygens (including phenoxy) is 1. The third kappa shape index (κ3) is 4.18. The molecule has 0 amide bonds. The van der Waals surface area contributed by atoms with Gasteiger partial charge in [-0.25, -0.2) is 4.68 Å². The molecule has 0 spiro atoms. The molecule has 0 fully saturated rings.